The molecule has 1 aromatic heterocycles. The molecule has 2 aliphatic rings. The first kappa shape index (κ1) is 18.4. The van der Waals surface area contributed by atoms with Crippen LogP contribution in [-0.4, -0.2) is 52.0 Å². The van der Waals surface area contributed by atoms with Crippen molar-refractivity contribution in [2.24, 2.45) is 11.7 Å². The maximum Gasteiger partial charge on any atom is 0.257 e. The SMILES string of the molecule is NC(=O)[C@H]1CC[C@H]2OCCN(C(=O)c3cnc(Nc4ccccc4)nc3)[C@@H]2C1. The first-order chi connectivity index (χ1) is 13.6. The van der Waals surface area contributed by atoms with Gasteiger partial charge in [-0.25, -0.2) is 9.97 Å². The highest BCUT2D eigenvalue weighted by Gasteiger charge is 2.41. The van der Waals surface area contributed by atoms with Gasteiger partial charge in [0.25, 0.3) is 5.91 Å². The van der Waals surface area contributed by atoms with Crippen LogP contribution < -0.4 is 11.1 Å². The second-order valence-electron chi connectivity index (χ2n) is 7.17. The topological polar surface area (TPSA) is 110 Å². The van der Waals surface area contributed by atoms with Crippen molar-refractivity contribution in [3.05, 3.63) is 48.3 Å². The highest BCUT2D eigenvalue weighted by molar-refractivity contribution is 5.94. The van der Waals surface area contributed by atoms with E-state index in [1.807, 2.05) is 30.3 Å². The molecule has 2 aromatic rings. The number of anilines is 2. The van der Waals surface area contributed by atoms with Gasteiger partial charge in [-0.15, -0.1) is 0 Å². The van der Waals surface area contributed by atoms with Gasteiger partial charge in [0, 0.05) is 30.5 Å². The van der Waals surface area contributed by atoms with Crippen LogP contribution in [0.15, 0.2) is 42.7 Å². The lowest BCUT2D eigenvalue weighted by Crippen LogP contribution is -2.57. The molecule has 1 saturated heterocycles. The van der Waals surface area contributed by atoms with Crippen molar-refractivity contribution in [1.82, 2.24) is 14.9 Å². The van der Waals surface area contributed by atoms with Gasteiger partial charge in [-0.2, -0.15) is 0 Å². The third-order valence-electron chi connectivity index (χ3n) is 5.41. The minimum Gasteiger partial charge on any atom is -0.374 e. The number of primary amides is 1. The quantitative estimate of drug-likeness (QED) is 0.834. The predicted octanol–water partition coefficient (Wildman–Crippen LogP) is 1.72. The van der Waals surface area contributed by atoms with Crippen LogP contribution in [0, 0.1) is 5.92 Å². The third-order valence-corrected chi connectivity index (χ3v) is 5.41. The van der Waals surface area contributed by atoms with Gasteiger partial charge in [0.1, 0.15) is 0 Å². The lowest BCUT2D eigenvalue weighted by atomic mass is 9.81. The standard InChI is InChI=1S/C20H23N5O3/c21-18(26)13-6-7-17-16(10-13)25(8-9-28-17)19(27)14-11-22-20(23-12-14)24-15-4-2-1-3-5-15/h1-5,11-13,16-17H,6-10H2,(H2,21,26)(H,22,23,24)/t13-,16+,17+/m0/s1. The fourth-order valence-electron chi connectivity index (χ4n) is 3.94. The van der Waals surface area contributed by atoms with Crippen LogP contribution in [0.4, 0.5) is 11.6 Å². The van der Waals surface area contributed by atoms with Crippen LogP contribution in [0.25, 0.3) is 0 Å². The van der Waals surface area contributed by atoms with Gasteiger partial charge in [-0.1, -0.05) is 18.2 Å². The van der Waals surface area contributed by atoms with Crippen molar-refractivity contribution < 1.29 is 14.3 Å². The van der Waals surface area contributed by atoms with Gasteiger partial charge in [0.05, 0.1) is 24.3 Å². The summed E-state index contributed by atoms with van der Waals surface area (Å²) in [5.41, 5.74) is 6.78. The number of morpholine rings is 1. The molecule has 2 amide bonds. The van der Waals surface area contributed by atoms with E-state index in [0.717, 1.165) is 12.1 Å². The molecular formula is C20H23N5O3. The van der Waals surface area contributed by atoms with E-state index in [1.165, 1.54) is 12.4 Å². The zero-order valence-electron chi connectivity index (χ0n) is 15.5. The molecule has 1 aliphatic carbocycles. The lowest BCUT2D eigenvalue weighted by Gasteiger charge is -2.45. The van der Waals surface area contributed by atoms with Crippen LogP contribution in [0.5, 0.6) is 0 Å². The molecule has 4 rings (SSSR count). The number of nitrogens with zero attached hydrogens (tertiary/aromatic N) is 3. The Morgan fingerprint density at radius 1 is 1.14 bits per heavy atom. The number of ether oxygens (including phenoxy) is 1. The summed E-state index contributed by atoms with van der Waals surface area (Å²) in [4.78, 5) is 35.0. The van der Waals surface area contributed by atoms with Crippen molar-refractivity contribution in [3.8, 4) is 0 Å². The van der Waals surface area contributed by atoms with E-state index in [0.29, 0.717) is 37.5 Å². The maximum atomic E-state index is 13.1. The second kappa shape index (κ2) is 7.93. The Labute approximate surface area is 163 Å². The predicted molar refractivity (Wildman–Crippen MR) is 103 cm³/mol. The van der Waals surface area contributed by atoms with Gasteiger partial charge in [0.2, 0.25) is 11.9 Å². The smallest absolute Gasteiger partial charge is 0.257 e. The second-order valence-corrected chi connectivity index (χ2v) is 7.17. The Morgan fingerprint density at radius 3 is 2.61 bits per heavy atom. The fraction of sp³-hybridized carbons (Fsp3) is 0.400. The number of carbonyl (C=O) groups excluding carboxylic acids is 2. The molecule has 0 spiro atoms. The van der Waals surface area contributed by atoms with E-state index >= 15 is 0 Å². The zero-order valence-corrected chi connectivity index (χ0v) is 15.5. The Kier molecular flexibility index (Phi) is 5.21. The summed E-state index contributed by atoms with van der Waals surface area (Å²) in [6.07, 6.45) is 4.99. The summed E-state index contributed by atoms with van der Waals surface area (Å²) in [6.45, 7) is 0.970. The molecule has 28 heavy (non-hydrogen) atoms. The van der Waals surface area contributed by atoms with Crippen molar-refractivity contribution >= 4 is 23.5 Å². The van der Waals surface area contributed by atoms with Crippen molar-refractivity contribution in [1.29, 1.82) is 0 Å². The number of hydrogen-bond donors (Lipinski definition) is 2. The fourth-order valence-corrected chi connectivity index (χ4v) is 3.94. The molecule has 0 bridgehead atoms. The maximum absolute atomic E-state index is 13.1. The number of amides is 2. The van der Waals surface area contributed by atoms with E-state index in [1.54, 1.807) is 4.90 Å². The van der Waals surface area contributed by atoms with E-state index in [4.69, 9.17) is 10.5 Å². The highest BCUT2D eigenvalue weighted by Crippen LogP contribution is 2.33. The number of nitrogens with two attached hydrogens (primary N) is 1. The van der Waals surface area contributed by atoms with E-state index in [-0.39, 0.29) is 29.9 Å². The van der Waals surface area contributed by atoms with Gasteiger partial charge < -0.3 is 20.7 Å². The molecular weight excluding hydrogens is 358 g/mol. The molecule has 3 N–H and O–H groups in total. The largest absolute Gasteiger partial charge is 0.374 e. The molecule has 2 heterocycles. The number of para-hydroxylation sites is 1. The number of hydrogen-bond acceptors (Lipinski definition) is 6. The number of benzene rings is 1. The summed E-state index contributed by atoms with van der Waals surface area (Å²) in [5.74, 6) is -0.244. The van der Waals surface area contributed by atoms with Crippen LogP contribution in [0.1, 0.15) is 29.6 Å². The molecule has 2 fully saturated rings. The summed E-state index contributed by atoms with van der Waals surface area (Å²) < 4.78 is 5.82. The molecule has 3 atom stereocenters. The van der Waals surface area contributed by atoms with Crippen molar-refractivity contribution in [2.45, 2.75) is 31.4 Å². The third kappa shape index (κ3) is 3.82. The molecule has 8 heteroatoms. The number of nitrogens with one attached hydrogen (secondary N) is 1. The van der Waals surface area contributed by atoms with Gasteiger partial charge in [-0.05, 0) is 31.4 Å². The van der Waals surface area contributed by atoms with Crippen molar-refractivity contribution in [3.63, 3.8) is 0 Å². The van der Waals surface area contributed by atoms with Crippen LogP contribution >= 0.6 is 0 Å². The normalized spacial score (nSPS) is 24.3. The average Bonchev–Trinajstić information content (AvgIpc) is 2.73. The molecule has 146 valence electrons. The van der Waals surface area contributed by atoms with Crippen molar-refractivity contribution in [2.75, 3.05) is 18.5 Å². The number of carbonyl (C=O) groups is 2. The molecule has 1 aromatic carbocycles. The lowest BCUT2D eigenvalue weighted by molar-refractivity contribution is -0.128. The summed E-state index contributed by atoms with van der Waals surface area (Å²) in [5, 5.41) is 3.09. The summed E-state index contributed by atoms with van der Waals surface area (Å²) in [7, 11) is 0. The highest BCUT2D eigenvalue weighted by atomic mass is 16.5. The monoisotopic (exact) mass is 381 g/mol. The molecule has 1 aliphatic heterocycles. The Hall–Kier alpha value is -3.00. The van der Waals surface area contributed by atoms with Crippen LogP contribution in [0.3, 0.4) is 0 Å². The average molecular weight is 381 g/mol. The molecule has 1 saturated carbocycles. The summed E-state index contributed by atoms with van der Waals surface area (Å²) in [6, 6.07) is 9.44. The van der Waals surface area contributed by atoms with Gasteiger partial charge in [-0.3, -0.25) is 9.59 Å². The first-order valence-electron chi connectivity index (χ1n) is 9.48. The Morgan fingerprint density at radius 2 is 1.89 bits per heavy atom. The number of aromatic nitrogens is 2. The Bertz CT molecular complexity index is 843. The van der Waals surface area contributed by atoms with Gasteiger partial charge >= 0.3 is 0 Å². The first-order valence-corrected chi connectivity index (χ1v) is 9.48. The molecule has 0 unspecified atom stereocenters. The van der Waals surface area contributed by atoms with Crippen LogP contribution in [0.2, 0.25) is 0 Å². The minimum atomic E-state index is -0.309. The summed E-state index contributed by atoms with van der Waals surface area (Å²) >= 11 is 0. The number of rotatable bonds is 4. The van der Waals surface area contributed by atoms with Gasteiger partial charge in [0.15, 0.2) is 0 Å². The van der Waals surface area contributed by atoms with E-state index in [2.05, 4.69) is 15.3 Å². The zero-order chi connectivity index (χ0) is 19.5. The van der Waals surface area contributed by atoms with E-state index < -0.39 is 0 Å². The minimum absolute atomic E-state index is 0.0479. The Balaban J connectivity index is 1.47. The molecule has 0 radical (unpaired) electrons. The van der Waals surface area contributed by atoms with Crippen LogP contribution in [-0.2, 0) is 9.53 Å². The number of fused-ring (bicyclic) bond motifs is 1. The molecule has 8 nitrogen and oxygen atoms in total. The van der Waals surface area contributed by atoms with E-state index in [9.17, 15) is 9.59 Å².